The number of aryl methyl sites for hydroxylation is 1. The van der Waals surface area contributed by atoms with Gasteiger partial charge < -0.3 is 45.5 Å². The number of hydrogen-bond donors (Lipinski definition) is 8. The second-order valence-electron chi connectivity index (χ2n) is 13.3. The number of aromatic amines is 2. The van der Waals surface area contributed by atoms with Crippen LogP contribution in [0.25, 0.3) is 22.3 Å². The van der Waals surface area contributed by atoms with E-state index in [1.165, 1.54) is 16.2 Å². The summed E-state index contributed by atoms with van der Waals surface area (Å²) in [6, 6.07) is 9.31. The van der Waals surface area contributed by atoms with E-state index in [9.17, 15) is 43.1 Å². The number of nitrogens with zero attached hydrogens (tertiary/aromatic N) is 7. The predicted molar refractivity (Wildman–Crippen MR) is 198 cm³/mol. The van der Waals surface area contributed by atoms with Gasteiger partial charge in [-0.2, -0.15) is 13.6 Å². The molecule has 320 valence electrons. The Morgan fingerprint density at radius 2 is 1.59 bits per heavy atom. The molecule has 0 amide bonds. The molecule has 30 heteroatoms. The molecule has 9 atom stereocenters. The van der Waals surface area contributed by atoms with Crippen LogP contribution in [-0.4, -0.2) is 117 Å². The summed E-state index contributed by atoms with van der Waals surface area (Å²) in [5, 5.41) is 10.8. The lowest BCUT2D eigenvalue weighted by atomic mass is 10.1. The summed E-state index contributed by atoms with van der Waals surface area (Å²) in [5.41, 5.74) is 11.4. The second-order valence-corrected chi connectivity index (χ2v) is 18.0. The standard InChI is InChI=1S/C29H38N11O16P3/c1-37-14-40(24-20(37)26(43)36-29(31)34-24)18-10-38(8-15-6-4-3-5-7-15)9-16(53-18)11-51-57(44,45)55-59(48,49)56-58(46,47)52-12-17-21(41)22(50-2)27(54-17)39-13-32-19-23(39)33-28(30)35-25(19)42/h3-7,13-14,16-18,21-22,27,41H,8-12H2,1-2H3,(H8-,30,31,33,34,35,36,42,43,44,45,46,47,48,49)/p+1/t16?,17-,18?,21-,22-,27-/m1/s1. The Bertz CT molecular complexity index is 2610. The molecule has 2 fully saturated rings. The molecular formula is C29H39N11O16P3+. The molecule has 2 aliphatic heterocycles. The van der Waals surface area contributed by atoms with Crippen molar-refractivity contribution in [2.75, 3.05) is 44.9 Å². The fourth-order valence-electron chi connectivity index (χ4n) is 6.72. The van der Waals surface area contributed by atoms with E-state index in [2.05, 4.69) is 33.5 Å². The number of phosphoric acid groups is 3. The van der Waals surface area contributed by atoms with Gasteiger partial charge in [0.05, 0.1) is 39.2 Å². The molecule has 2 saturated heterocycles. The summed E-state index contributed by atoms with van der Waals surface area (Å²) in [6.45, 7) is -0.940. The van der Waals surface area contributed by atoms with Crippen LogP contribution in [0.4, 0.5) is 11.9 Å². The molecule has 4 aromatic heterocycles. The van der Waals surface area contributed by atoms with Gasteiger partial charge in [-0.25, -0.2) is 23.2 Å². The molecule has 5 unspecified atom stereocenters. The highest BCUT2D eigenvalue weighted by atomic mass is 31.3. The van der Waals surface area contributed by atoms with Gasteiger partial charge in [-0.1, -0.05) is 35.3 Å². The maximum atomic E-state index is 12.9. The van der Waals surface area contributed by atoms with E-state index in [-0.39, 0.29) is 47.3 Å². The number of ether oxygens (including phenoxy) is 3. The van der Waals surface area contributed by atoms with Crippen molar-refractivity contribution in [2.24, 2.45) is 7.05 Å². The van der Waals surface area contributed by atoms with Crippen LogP contribution in [0.5, 0.6) is 0 Å². The topological polar surface area (TPSA) is 370 Å². The number of fused-ring (bicyclic) bond motifs is 2. The number of aliphatic hydroxyl groups excluding tert-OH is 1. The number of phosphoric ester groups is 2. The van der Waals surface area contributed by atoms with Gasteiger partial charge in [-0.3, -0.25) is 42.6 Å². The molecule has 10 N–H and O–H groups in total. The molecule has 6 heterocycles. The number of benzene rings is 1. The summed E-state index contributed by atoms with van der Waals surface area (Å²) in [7, 11) is -14.3. The molecule has 0 aliphatic carbocycles. The Morgan fingerprint density at radius 1 is 0.932 bits per heavy atom. The number of morpholine rings is 1. The number of nitrogens with one attached hydrogen (secondary N) is 2. The van der Waals surface area contributed by atoms with E-state index >= 15 is 0 Å². The van der Waals surface area contributed by atoms with Crippen LogP contribution in [0.1, 0.15) is 18.0 Å². The number of rotatable bonds is 15. The third-order valence-electron chi connectivity index (χ3n) is 9.12. The van der Waals surface area contributed by atoms with E-state index < -0.39 is 84.7 Å². The van der Waals surface area contributed by atoms with Crippen LogP contribution in [0.3, 0.4) is 0 Å². The highest BCUT2D eigenvalue weighted by Gasteiger charge is 2.48. The molecule has 0 bridgehead atoms. The number of methoxy groups -OCH3 is 1. The highest BCUT2D eigenvalue weighted by molar-refractivity contribution is 7.66. The number of imidazole rings is 2. The Morgan fingerprint density at radius 3 is 2.29 bits per heavy atom. The normalized spacial score (nSPS) is 25.9. The molecular weight excluding hydrogens is 851 g/mol. The number of nitrogen functional groups attached to an aromatic ring is 2. The summed E-state index contributed by atoms with van der Waals surface area (Å²) in [5.74, 6) is -0.392. The largest absolute Gasteiger partial charge is 0.490 e. The molecule has 5 aromatic rings. The van der Waals surface area contributed by atoms with Crippen molar-refractivity contribution in [1.82, 2.24) is 39.0 Å². The van der Waals surface area contributed by atoms with Gasteiger partial charge in [0, 0.05) is 20.2 Å². The summed E-state index contributed by atoms with van der Waals surface area (Å²) >= 11 is 0. The lowest BCUT2D eigenvalue weighted by molar-refractivity contribution is -0.747. The van der Waals surface area contributed by atoms with E-state index in [0.29, 0.717) is 6.54 Å². The lowest BCUT2D eigenvalue weighted by Crippen LogP contribution is -2.55. The first-order chi connectivity index (χ1) is 27.8. The van der Waals surface area contributed by atoms with Gasteiger partial charge in [0.2, 0.25) is 11.5 Å². The number of hydrogen-bond acceptors (Lipinski definition) is 19. The zero-order valence-corrected chi connectivity index (χ0v) is 33.5. The molecule has 0 saturated carbocycles. The average molecular weight is 891 g/mol. The zero-order valence-electron chi connectivity index (χ0n) is 30.9. The number of H-pyrrole nitrogens is 2. The predicted octanol–water partition coefficient (Wildman–Crippen LogP) is -1.11. The van der Waals surface area contributed by atoms with Crippen LogP contribution < -0.4 is 27.2 Å². The summed E-state index contributed by atoms with van der Waals surface area (Å²) < 4.78 is 78.3. The van der Waals surface area contributed by atoms with Gasteiger partial charge in [0.15, 0.2) is 29.9 Å². The van der Waals surface area contributed by atoms with Gasteiger partial charge in [-0.05, 0) is 5.56 Å². The SMILES string of the molecule is CO[C@@H]1[C@H](O)[C@@H](COP(=O)(O)OP(=O)(O)OP(=O)(O)OCC2CN(Cc3ccccc3)CC([n+]3cn(C)c4c(=O)[nH]c(N)nc43)O2)O[C@H]1n1cnc2c(=O)[nH]c(N)nc21. The maximum Gasteiger partial charge on any atom is 0.490 e. The van der Waals surface area contributed by atoms with Crippen molar-refractivity contribution in [2.45, 2.75) is 43.4 Å². The summed E-state index contributed by atoms with van der Waals surface area (Å²) in [6.07, 6.45) is -4.60. The van der Waals surface area contributed by atoms with Crippen LogP contribution in [-0.2, 0) is 59.2 Å². The minimum absolute atomic E-state index is 0.0407. The Balaban J connectivity index is 0.989. The molecule has 1 aromatic carbocycles. The first-order valence-electron chi connectivity index (χ1n) is 17.3. The zero-order chi connectivity index (χ0) is 42.4. The third-order valence-corrected chi connectivity index (χ3v) is 13.4. The lowest BCUT2D eigenvalue weighted by Gasteiger charge is -2.37. The van der Waals surface area contributed by atoms with Crippen molar-refractivity contribution in [3.8, 4) is 0 Å². The maximum absolute atomic E-state index is 12.9. The van der Waals surface area contributed by atoms with Crippen molar-refractivity contribution >= 4 is 57.7 Å². The van der Waals surface area contributed by atoms with E-state index in [1.807, 2.05) is 35.2 Å². The van der Waals surface area contributed by atoms with Gasteiger partial charge >= 0.3 is 29.1 Å². The van der Waals surface area contributed by atoms with Gasteiger partial charge in [-0.15, -0.1) is 0 Å². The van der Waals surface area contributed by atoms with Crippen molar-refractivity contribution in [3.05, 3.63) is 69.3 Å². The van der Waals surface area contributed by atoms with Gasteiger partial charge in [0.25, 0.3) is 17.1 Å². The summed E-state index contributed by atoms with van der Waals surface area (Å²) in [4.78, 5) is 74.7. The van der Waals surface area contributed by atoms with Crippen molar-refractivity contribution in [1.29, 1.82) is 0 Å². The van der Waals surface area contributed by atoms with Crippen LogP contribution in [0.2, 0.25) is 0 Å². The number of nitrogens with two attached hydrogens (primary N) is 2. The van der Waals surface area contributed by atoms with E-state index in [1.54, 1.807) is 17.9 Å². The average Bonchev–Trinajstić information content (AvgIpc) is 3.81. The first kappa shape index (κ1) is 42.8. The van der Waals surface area contributed by atoms with Crippen LogP contribution >= 0.6 is 23.5 Å². The molecule has 59 heavy (non-hydrogen) atoms. The van der Waals surface area contributed by atoms with Crippen molar-refractivity contribution < 1.29 is 69.9 Å². The van der Waals surface area contributed by atoms with Gasteiger partial charge in [0.1, 0.15) is 18.3 Å². The fourth-order valence-corrected chi connectivity index (χ4v) is 10.3. The van der Waals surface area contributed by atoms with Crippen LogP contribution in [0, 0.1) is 0 Å². The first-order valence-corrected chi connectivity index (χ1v) is 21.8. The van der Waals surface area contributed by atoms with Crippen molar-refractivity contribution in [3.63, 3.8) is 0 Å². The Kier molecular flexibility index (Phi) is 12.1. The monoisotopic (exact) mass is 890 g/mol. The number of anilines is 2. The third kappa shape index (κ3) is 9.55. The van der Waals surface area contributed by atoms with E-state index in [0.717, 1.165) is 11.9 Å². The number of aromatic nitrogens is 8. The highest BCUT2D eigenvalue weighted by Crippen LogP contribution is 2.67. The minimum Gasteiger partial charge on any atom is -0.387 e. The quantitative estimate of drug-likeness (QED) is 0.0456. The molecule has 0 spiro atoms. The minimum atomic E-state index is -5.92. The molecule has 2 aliphatic rings. The molecule has 7 rings (SSSR count). The molecule has 0 radical (unpaired) electrons. The fraction of sp³-hybridized carbons (Fsp3) is 0.448. The number of aliphatic hydroxyl groups is 1. The Hall–Kier alpha value is -4.27. The smallest absolute Gasteiger partial charge is 0.387 e. The molecule has 27 nitrogen and oxygen atoms in total. The van der Waals surface area contributed by atoms with Crippen LogP contribution in [0.15, 0.2) is 52.6 Å². The second kappa shape index (κ2) is 16.6. The van der Waals surface area contributed by atoms with E-state index in [4.69, 9.17) is 34.7 Å². The Labute approximate surface area is 330 Å².